The quantitative estimate of drug-likeness (QED) is 0.750. The van der Waals surface area contributed by atoms with Crippen LogP contribution in [0.25, 0.3) is 0 Å². The van der Waals surface area contributed by atoms with Crippen molar-refractivity contribution in [2.45, 2.75) is 17.7 Å². The Balaban J connectivity index is 1.82. The largest absolute Gasteiger partial charge is 0.366 e. The third-order valence-electron chi connectivity index (χ3n) is 3.28. The van der Waals surface area contributed by atoms with E-state index in [2.05, 4.69) is 14.9 Å². The van der Waals surface area contributed by atoms with Crippen molar-refractivity contribution >= 4 is 22.7 Å². The Bertz CT molecular complexity index is 490. The number of anilines is 1. The monoisotopic (exact) mass is 252 g/mol. The van der Waals surface area contributed by atoms with Crippen molar-refractivity contribution < 1.29 is 9.00 Å². The minimum atomic E-state index is -0.688. The van der Waals surface area contributed by atoms with Gasteiger partial charge >= 0.3 is 0 Å². The van der Waals surface area contributed by atoms with E-state index in [9.17, 15) is 9.00 Å². The highest BCUT2D eigenvalue weighted by molar-refractivity contribution is 7.86. The number of carbonyl (C=O) groups excluding carboxylic acids is 1. The number of hydrogen-bond acceptors (Lipinski definition) is 5. The number of carbonyl (C=O) groups is 1. The van der Waals surface area contributed by atoms with Crippen molar-refractivity contribution in [3.8, 4) is 0 Å². The van der Waals surface area contributed by atoms with Crippen molar-refractivity contribution in [3.05, 3.63) is 18.0 Å². The highest BCUT2D eigenvalue weighted by Crippen LogP contribution is 2.32. The van der Waals surface area contributed by atoms with Crippen LogP contribution >= 0.6 is 0 Å². The first-order valence-electron chi connectivity index (χ1n) is 5.41. The zero-order valence-corrected chi connectivity index (χ0v) is 9.89. The molecule has 2 N–H and O–H groups in total. The maximum absolute atomic E-state index is 11.5. The Hall–Kier alpha value is -1.50. The van der Waals surface area contributed by atoms with Gasteiger partial charge in [-0.1, -0.05) is 0 Å². The summed E-state index contributed by atoms with van der Waals surface area (Å²) < 4.78 is 11.5. The van der Waals surface area contributed by atoms with Gasteiger partial charge < -0.3 is 10.6 Å². The van der Waals surface area contributed by atoms with E-state index in [0.29, 0.717) is 17.3 Å². The maximum Gasteiger partial charge on any atom is 0.251 e. The molecule has 2 aliphatic heterocycles. The Morgan fingerprint density at radius 2 is 2.18 bits per heavy atom. The number of nitrogens with two attached hydrogens (primary N) is 1. The molecule has 2 fully saturated rings. The second-order valence-electron chi connectivity index (χ2n) is 4.35. The predicted octanol–water partition coefficient (Wildman–Crippen LogP) is -0.715. The molecule has 17 heavy (non-hydrogen) atoms. The van der Waals surface area contributed by atoms with Crippen LogP contribution in [-0.2, 0) is 10.8 Å². The summed E-state index contributed by atoms with van der Waals surface area (Å²) in [5.74, 6) is 0.769. The van der Waals surface area contributed by atoms with Gasteiger partial charge in [0.1, 0.15) is 0 Å². The van der Waals surface area contributed by atoms with Gasteiger partial charge in [-0.25, -0.2) is 9.97 Å². The van der Waals surface area contributed by atoms with Crippen molar-refractivity contribution in [1.82, 2.24) is 9.97 Å². The van der Waals surface area contributed by atoms with Crippen LogP contribution in [0.3, 0.4) is 0 Å². The first-order valence-corrected chi connectivity index (χ1v) is 6.79. The lowest BCUT2D eigenvalue weighted by Crippen LogP contribution is -2.39. The Labute approximate surface area is 101 Å². The van der Waals surface area contributed by atoms with Gasteiger partial charge in [0.15, 0.2) is 0 Å². The molecule has 0 radical (unpaired) electrons. The van der Waals surface area contributed by atoms with Gasteiger partial charge in [0.2, 0.25) is 5.95 Å². The highest BCUT2D eigenvalue weighted by atomic mass is 32.2. The van der Waals surface area contributed by atoms with E-state index in [1.165, 1.54) is 12.4 Å². The molecule has 90 valence electrons. The highest BCUT2D eigenvalue weighted by Gasteiger charge is 2.44. The van der Waals surface area contributed by atoms with Gasteiger partial charge in [-0.2, -0.15) is 0 Å². The summed E-state index contributed by atoms with van der Waals surface area (Å²) in [6, 6.07) is 0.278. The lowest BCUT2D eigenvalue weighted by atomic mass is 10.2. The third kappa shape index (κ3) is 1.70. The van der Waals surface area contributed by atoms with Crippen LogP contribution < -0.4 is 10.6 Å². The Morgan fingerprint density at radius 3 is 2.65 bits per heavy atom. The van der Waals surface area contributed by atoms with Crippen LogP contribution in [-0.4, -0.2) is 43.7 Å². The van der Waals surface area contributed by atoms with Crippen molar-refractivity contribution in [3.63, 3.8) is 0 Å². The molecule has 3 heterocycles. The number of nitrogens with zero attached hydrogens (tertiary/aromatic N) is 3. The molecule has 2 bridgehead atoms. The van der Waals surface area contributed by atoms with Crippen LogP contribution in [0.5, 0.6) is 0 Å². The molecule has 1 aromatic rings. The van der Waals surface area contributed by atoms with Gasteiger partial charge in [-0.15, -0.1) is 0 Å². The molecule has 1 amide bonds. The summed E-state index contributed by atoms with van der Waals surface area (Å²) in [4.78, 5) is 21.2. The van der Waals surface area contributed by atoms with E-state index in [1.54, 1.807) is 0 Å². The number of aromatic nitrogens is 2. The van der Waals surface area contributed by atoms with E-state index < -0.39 is 16.7 Å². The van der Waals surface area contributed by atoms with Crippen molar-refractivity contribution in [2.24, 2.45) is 5.73 Å². The molecule has 3 rings (SSSR count). The smallest absolute Gasteiger partial charge is 0.251 e. The molecule has 1 aromatic heterocycles. The fourth-order valence-electron chi connectivity index (χ4n) is 2.39. The van der Waals surface area contributed by atoms with E-state index in [0.717, 1.165) is 13.0 Å². The zero-order chi connectivity index (χ0) is 12.0. The van der Waals surface area contributed by atoms with Crippen LogP contribution in [0.4, 0.5) is 5.95 Å². The van der Waals surface area contributed by atoms with Crippen LogP contribution in [0, 0.1) is 0 Å². The van der Waals surface area contributed by atoms with E-state index in [4.69, 9.17) is 5.73 Å². The molecule has 0 saturated carbocycles. The first-order chi connectivity index (χ1) is 8.15. The number of rotatable bonds is 2. The van der Waals surface area contributed by atoms with E-state index in [-0.39, 0.29) is 11.3 Å². The molecular formula is C10H12N4O2S. The van der Waals surface area contributed by atoms with Gasteiger partial charge in [0, 0.05) is 41.5 Å². The number of fused-ring (bicyclic) bond motifs is 2. The van der Waals surface area contributed by atoms with E-state index in [1.807, 2.05) is 0 Å². The maximum atomic E-state index is 11.5. The SMILES string of the molecule is NC(=O)c1cnc(N2CC3CC2CS3=O)nc1. The minimum Gasteiger partial charge on any atom is -0.366 e. The summed E-state index contributed by atoms with van der Waals surface area (Å²) in [7, 11) is -0.688. The number of hydrogen-bond donors (Lipinski definition) is 1. The average Bonchev–Trinajstić information content (AvgIpc) is 2.87. The topological polar surface area (TPSA) is 89.2 Å². The summed E-state index contributed by atoms with van der Waals surface area (Å²) in [6.45, 7) is 0.743. The molecule has 2 saturated heterocycles. The van der Waals surface area contributed by atoms with Crippen LogP contribution in [0.2, 0.25) is 0 Å². The summed E-state index contributed by atoms with van der Waals surface area (Å²) in [5, 5.41) is 0.249. The molecule has 0 aliphatic carbocycles. The van der Waals surface area contributed by atoms with Crippen molar-refractivity contribution in [1.29, 1.82) is 0 Å². The summed E-state index contributed by atoms with van der Waals surface area (Å²) in [5.41, 5.74) is 5.43. The first kappa shape index (κ1) is 10.6. The second-order valence-corrected chi connectivity index (χ2v) is 6.11. The predicted molar refractivity (Wildman–Crippen MR) is 63.1 cm³/mol. The number of amides is 1. The molecule has 0 spiro atoms. The Morgan fingerprint density at radius 1 is 1.47 bits per heavy atom. The van der Waals surface area contributed by atoms with Gasteiger partial charge in [0.05, 0.1) is 10.8 Å². The van der Waals surface area contributed by atoms with Crippen LogP contribution in [0.15, 0.2) is 12.4 Å². The second kappa shape index (κ2) is 3.76. The van der Waals surface area contributed by atoms with Gasteiger partial charge in [-0.05, 0) is 6.42 Å². The van der Waals surface area contributed by atoms with Gasteiger partial charge in [0.25, 0.3) is 5.91 Å². The van der Waals surface area contributed by atoms with E-state index >= 15 is 0 Å². The molecule has 6 nitrogen and oxygen atoms in total. The summed E-state index contributed by atoms with van der Waals surface area (Å²) in [6.07, 6.45) is 3.83. The number of primary amides is 1. The lowest BCUT2D eigenvalue weighted by Gasteiger charge is -2.26. The van der Waals surface area contributed by atoms with Gasteiger partial charge in [-0.3, -0.25) is 9.00 Å². The third-order valence-corrected chi connectivity index (χ3v) is 5.08. The van der Waals surface area contributed by atoms with Crippen LogP contribution in [0.1, 0.15) is 16.8 Å². The molecule has 2 aliphatic rings. The molecule has 3 atom stereocenters. The minimum absolute atomic E-state index is 0.249. The van der Waals surface area contributed by atoms with Crippen molar-refractivity contribution in [2.75, 3.05) is 17.2 Å². The molecule has 7 heteroatoms. The summed E-state index contributed by atoms with van der Waals surface area (Å²) >= 11 is 0. The normalized spacial score (nSPS) is 30.8. The standard InChI is InChI=1S/C10H12N4O2S/c11-9(15)6-2-12-10(13-3-6)14-4-8-1-7(14)5-17(8)16/h2-3,7-8H,1,4-5H2,(H2,11,15). The fraction of sp³-hybridized carbons (Fsp3) is 0.500. The molecular weight excluding hydrogens is 240 g/mol. The molecule has 0 aromatic carbocycles. The molecule has 3 unspecified atom stereocenters. The zero-order valence-electron chi connectivity index (χ0n) is 9.07. The lowest BCUT2D eigenvalue weighted by molar-refractivity contribution is 0.0999. The Kier molecular flexibility index (Phi) is 2.36. The average molecular weight is 252 g/mol. The fourth-order valence-corrected chi connectivity index (χ4v) is 4.12.